The Bertz CT molecular complexity index is 824. The number of esters is 1. The quantitative estimate of drug-likeness (QED) is 0.589. The zero-order valence-electron chi connectivity index (χ0n) is 15.4. The molecule has 0 bridgehead atoms. The molecule has 0 aliphatic rings. The van der Waals surface area contributed by atoms with Crippen molar-refractivity contribution in [2.45, 2.75) is 24.8 Å². The van der Waals surface area contributed by atoms with Gasteiger partial charge in [-0.25, -0.2) is 4.79 Å². The van der Waals surface area contributed by atoms with Crippen molar-refractivity contribution in [3.8, 4) is 0 Å². The molecule has 0 fully saturated rings. The molecule has 3 amide bonds. The molecule has 0 saturated carbocycles. The molecular formula is C20H22N2O4S. The van der Waals surface area contributed by atoms with E-state index in [-0.39, 0.29) is 5.75 Å². The summed E-state index contributed by atoms with van der Waals surface area (Å²) in [6.45, 7) is 3.95. The molecule has 2 N–H and O–H groups in total. The van der Waals surface area contributed by atoms with Crippen LogP contribution in [0.25, 0.3) is 0 Å². The van der Waals surface area contributed by atoms with E-state index in [1.807, 2.05) is 32.0 Å². The van der Waals surface area contributed by atoms with Crippen molar-refractivity contribution in [3.63, 3.8) is 0 Å². The van der Waals surface area contributed by atoms with Gasteiger partial charge in [0.15, 0.2) is 0 Å². The number of rotatable bonds is 6. The van der Waals surface area contributed by atoms with Crippen LogP contribution in [-0.2, 0) is 14.3 Å². The minimum Gasteiger partial charge on any atom is -0.447 e. The van der Waals surface area contributed by atoms with Gasteiger partial charge in [-0.1, -0.05) is 48.0 Å². The smallest absolute Gasteiger partial charge is 0.321 e. The summed E-state index contributed by atoms with van der Waals surface area (Å²) in [6, 6.07) is 13.9. The first-order valence-electron chi connectivity index (χ1n) is 8.37. The van der Waals surface area contributed by atoms with E-state index in [0.29, 0.717) is 5.56 Å². The molecule has 0 radical (unpaired) electrons. The zero-order valence-corrected chi connectivity index (χ0v) is 16.3. The van der Waals surface area contributed by atoms with Gasteiger partial charge < -0.3 is 10.1 Å². The summed E-state index contributed by atoms with van der Waals surface area (Å²) in [7, 11) is 1.40. The average Bonchev–Trinajstić information content (AvgIpc) is 2.67. The number of amides is 3. The summed E-state index contributed by atoms with van der Waals surface area (Å²) in [4.78, 5) is 37.1. The molecule has 0 aliphatic carbocycles. The summed E-state index contributed by atoms with van der Waals surface area (Å²) in [6.07, 6.45) is -1.20. The van der Waals surface area contributed by atoms with Gasteiger partial charge in [0.05, 0.1) is 5.75 Å². The van der Waals surface area contributed by atoms with Crippen LogP contribution >= 0.6 is 11.8 Å². The van der Waals surface area contributed by atoms with Crippen molar-refractivity contribution < 1.29 is 19.1 Å². The molecule has 0 unspecified atom stereocenters. The number of hydrogen-bond donors (Lipinski definition) is 2. The van der Waals surface area contributed by atoms with Gasteiger partial charge in [0.1, 0.15) is 0 Å². The standard InChI is InChI=1S/C20H22N2O4S/c1-13-9-10-14(2)16(11-13)27-12-17(23)26-18(15-7-5-4-6-8-15)19(24)22-20(25)21-3/h4-11,18H,12H2,1-3H3,(H2,21,22,24,25)/t18-/m0/s1. The Labute approximate surface area is 162 Å². The van der Waals surface area contributed by atoms with Crippen LogP contribution in [-0.4, -0.2) is 30.7 Å². The van der Waals surface area contributed by atoms with E-state index in [4.69, 9.17) is 4.74 Å². The van der Waals surface area contributed by atoms with E-state index in [0.717, 1.165) is 16.0 Å². The monoisotopic (exact) mass is 386 g/mol. The molecule has 0 spiro atoms. The highest BCUT2D eigenvalue weighted by atomic mass is 32.2. The van der Waals surface area contributed by atoms with Gasteiger partial charge in [-0.2, -0.15) is 0 Å². The van der Waals surface area contributed by atoms with Gasteiger partial charge in [0, 0.05) is 17.5 Å². The predicted molar refractivity (Wildman–Crippen MR) is 105 cm³/mol. The van der Waals surface area contributed by atoms with Gasteiger partial charge >= 0.3 is 12.0 Å². The summed E-state index contributed by atoms with van der Waals surface area (Å²) in [5.74, 6) is -1.19. The maximum Gasteiger partial charge on any atom is 0.321 e. The molecule has 0 aliphatic heterocycles. The van der Waals surface area contributed by atoms with Gasteiger partial charge in [-0.05, 0) is 25.5 Å². The normalized spacial score (nSPS) is 11.4. The van der Waals surface area contributed by atoms with Crippen LogP contribution < -0.4 is 10.6 Å². The summed E-state index contributed by atoms with van der Waals surface area (Å²) >= 11 is 1.35. The largest absolute Gasteiger partial charge is 0.447 e. The molecule has 2 aromatic rings. The van der Waals surface area contributed by atoms with Crippen molar-refractivity contribution in [3.05, 3.63) is 65.2 Å². The number of aryl methyl sites for hydroxylation is 2. The molecule has 0 heterocycles. The Morgan fingerprint density at radius 3 is 2.44 bits per heavy atom. The molecule has 142 valence electrons. The van der Waals surface area contributed by atoms with Crippen molar-refractivity contribution in [1.29, 1.82) is 0 Å². The fourth-order valence-corrected chi connectivity index (χ4v) is 3.21. The summed E-state index contributed by atoms with van der Waals surface area (Å²) in [5.41, 5.74) is 2.66. The van der Waals surface area contributed by atoms with Gasteiger partial charge in [-0.15, -0.1) is 11.8 Å². The minimum atomic E-state index is -1.20. The van der Waals surface area contributed by atoms with Crippen molar-refractivity contribution in [1.82, 2.24) is 10.6 Å². The highest BCUT2D eigenvalue weighted by Gasteiger charge is 2.26. The lowest BCUT2D eigenvalue weighted by Crippen LogP contribution is -2.41. The second-order valence-corrected chi connectivity index (χ2v) is 6.92. The predicted octanol–water partition coefficient (Wildman–Crippen LogP) is 3.14. The lowest BCUT2D eigenvalue weighted by Gasteiger charge is -2.17. The van der Waals surface area contributed by atoms with Crippen LogP contribution in [0.5, 0.6) is 0 Å². The van der Waals surface area contributed by atoms with E-state index < -0.39 is 24.0 Å². The molecule has 0 aromatic heterocycles. The topological polar surface area (TPSA) is 84.5 Å². The number of imide groups is 1. The van der Waals surface area contributed by atoms with Crippen LogP contribution in [0, 0.1) is 13.8 Å². The molecule has 27 heavy (non-hydrogen) atoms. The van der Waals surface area contributed by atoms with E-state index in [1.165, 1.54) is 18.8 Å². The molecule has 1 atom stereocenters. The van der Waals surface area contributed by atoms with Gasteiger partial charge in [0.25, 0.3) is 5.91 Å². The number of ether oxygens (including phenoxy) is 1. The third kappa shape index (κ3) is 6.14. The molecular weight excluding hydrogens is 364 g/mol. The van der Waals surface area contributed by atoms with Crippen molar-refractivity contribution in [2.24, 2.45) is 0 Å². The second-order valence-electron chi connectivity index (χ2n) is 5.91. The Balaban J connectivity index is 2.07. The van der Waals surface area contributed by atoms with Crippen molar-refractivity contribution >= 4 is 29.7 Å². The number of thioether (sulfide) groups is 1. The summed E-state index contributed by atoms with van der Waals surface area (Å²) in [5, 5.41) is 4.45. The highest BCUT2D eigenvalue weighted by Crippen LogP contribution is 2.25. The average molecular weight is 386 g/mol. The molecule has 7 heteroatoms. The Hall–Kier alpha value is -2.80. The van der Waals surface area contributed by atoms with Gasteiger partial charge in [-0.3, -0.25) is 14.9 Å². The Morgan fingerprint density at radius 1 is 1.07 bits per heavy atom. The van der Waals surface area contributed by atoms with Crippen LogP contribution in [0.2, 0.25) is 0 Å². The number of nitrogens with one attached hydrogen (secondary N) is 2. The number of carbonyl (C=O) groups is 3. The van der Waals surface area contributed by atoms with Crippen LogP contribution in [0.1, 0.15) is 22.8 Å². The van der Waals surface area contributed by atoms with Crippen molar-refractivity contribution in [2.75, 3.05) is 12.8 Å². The van der Waals surface area contributed by atoms with E-state index in [9.17, 15) is 14.4 Å². The fraction of sp³-hybridized carbons (Fsp3) is 0.250. The number of benzene rings is 2. The maximum atomic E-state index is 12.4. The molecule has 0 saturated heterocycles. The first-order chi connectivity index (χ1) is 12.9. The number of urea groups is 1. The summed E-state index contributed by atoms with van der Waals surface area (Å²) < 4.78 is 5.38. The van der Waals surface area contributed by atoms with E-state index in [1.54, 1.807) is 30.3 Å². The Morgan fingerprint density at radius 2 is 1.78 bits per heavy atom. The second kappa shape index (κ2) is 9.78. The van der Waals surface area contributed by atoms with Crippen LogP contribution in [0.4, 0.5) is 4.79 Å². The van der Waals surface area contributed by atoms with E-state index in [2.05, 4.69) is 10.6 Å². The SMILES string of the molecule is CNC(=O)NC(=O)[C@@H](OC(=O)CSc1cc(C)ccc1C)c1ccccc1. The van der Waals surface area contributed by atoms with Crippen LogP contribution in [0.15, 0.2) is 53.4 Å². The Kier molecular flexibility index (Phi) is 7.43. The van der Waals surface area contributed by atoms with E-state index >= 15 is 0 Å². The van der Waals surface area contributed by atoms with Crippen LogP contribution in [0.3, 0.4) is 0 Å². The minimum absolute atomic E-state index is 0.0564. The van der Waals surface area contributed by atoms with Gasteiger partial charge in [0.2, 0.25) is 6.10 Å². The first-order valence-corrected chi connectivity index (χ1v) is 9.36. The highest BCUT2D eigenvalue weighted by molar-refractivity contribution is 8.00. The molecule has 6 nitrogen and oxygen atoms in total. The third-order valence-corrected chi connectivity index (χ3v) is 4.87. The number of carbonyl (C=O) groups excluding carboxylic acids is 3. The lowest BCUT2D eigenvalue weighted by atomic mass is 10.1. The first kappa shape index (κ1) is 20.5. The number of hydrogen-bond acceptors (Lipinski definition) is 5. The third-order valence-electron chi connectivity index (χ3n) is 3.74. The molecule has 2 aromatic carbocycles. The fourth-order valence-electron chi connectivity index (χ4n) is 2.31. The zero-order chi connectivity index (χ0) is 19.8. The molecule has 2 rings (SSSR count). The lowest BCUT2D eigenvalue weighted by molar-refractivity contribution is -0.153. The maximum absolute atomic E-state index is 12.4.